The second kappa shape index (κ2) is 7.04. The third kappa shape index (κ3) is 3.92. The number of anilines is 2. The lowest BCUT2D eigenvalue weighted by molar-refractivity contribution is 0.102. The van der Waals surface area contributed by atoms with Crippen molar-refractivity contribution in [2.75, 3.05) is 17.2 Å². The van der Waals surface area contributed by atoms with E-state index in [2.05, 4.69) is 15.6 Å². The third-order valence-electron chi connectivity index (χ3n) is 2.76. The number of carbonyl (C=O) groups is 1. The summed E-state index contributed by atoms with van der Waals surface area (Å²) in [5.41, 5.74) is 0.440. The van der Waals surface area contributed by atoms with Crippen LogP contribution in [0.1, 0.15) is 23.7 Å². The molecule has 0 saturated carbocycles. The number of carbonyl (C=O) groups excluding carboxylic acids is 1. The molecular weight excluding hydrogens is 293 g/mol. The Morgan fingerprint density at radius 3 is 2.90 bits per heavy atom. The fourth-order valence-corrected chi connectivity index (χ4v) is 1.94. The van der Waals surface area contributed by atoms with Crippen LogP contribution in [0.15, 0.2) is 36.5 Å². The maximum atomic E-state index is 14.2. The number of benzene rings is 1. The van der Waals surface area contributed by atoms with Gasteiger partial charge >= 0.3 is 0 Å². The first-order valence-corrected chi connectivity index (χ1v) is 6.95. The van der Waals surface area contributed by atoms with Gasteiger partial charge in [-0.1, -0.05) is 24.6 Å². The Labute approximate surface area is 127 Å². The van der Waals surface area contributed by atoms with Gasteiger partial charge in [-0.15, -0.1) is 0 Å². The second-order valence-electron chi connectivity index (χ2n) is 4.41. The number of hydrogen-bond donors (Lipinski definition) is 2. The molecule has 0 unspecified atom stereocenters. The summed E-state index contributed by atoms with van der Waals surface area (Å²) in [6.45, 7) is 2.55. The molecule has 0 radical (unpaired) electrons. The van der Waals surface area contributed by atoms with Crippen molar-refractivity contribution in [3.05, 3.63) is 52.9 Å². The van der Waals surface area contributed by atoms with Crippen LogP contribution in [0, 0.1) is 5.82 Å². The van der Waals surface area contributed by atoms with Crippen molar-refractivity contribution < 1.29 is 9.18 Å². The molecule has 2 N–H and O–H groups in total. The zero-order chi connectivity index (χ0) is 15.2. The molecule has 0 bridgehead atoms. The van der Waals surface area contributed by atoms with Gasteiger partial charge in [-0.3, -0.25) is 4.79 Å². The number of nitrogens with one attached hydrogen (secondary N) is 2. The van der Waals surface area contributed by atoms with E-state index in [0.29, 0.717) is 17.3 Å². The van der Waals surface area contributed by atoms with Crippen molar-refractivity contribution in [1.29, 1.82) is 0 Å². The van der Waals surface area contributed by atoms with Gasteiger partial charge < -0.3 is 10.6 Å². The average molecular weight is 308 g/mol. The number of hydrogen-bond acceptors (Lipinski definition) is 3. The number of aromatic nitrogens is 1. The lowest BCUT2D eigenvalue weighted by Crippen LogP contribution is -2.16. The molecule has 1 amide bonds. The van der Waals surface area contributed by atoms with Crippen molar-refractivity contribution in [2.45, 2.75) is 13.3 Å². The molecule has 4 nitrogen and oxygen atoms in total. The topological polar surface area (TPSA) is 54.0 Å². The number of rotatable bonds is 5. The summed E-state index contributed by atoms with van der Waals surface area (Å²) in [6.07, 6.45) is 2.23. The van der Waals surface area contributed by atoms with Crippen LogP contribution in [0.5, 0.6) is 0 Å². The molecular formula is C15H15ClFN3O. The van der Waals surface area contributed by atoms with E-state index in [0.717, 1.165) is 6.42 Å². The Bertz CT molecular complexity index is 649. The second-order valence-corrected chi connectivity index (χ2v) is 4.85. The summed E-state index contributed by atoms with van der Waals surface area (Å²) in [4.78, 5) is 16.0. The van der Waals surface area contributed by atoms with Crippen LogP contribution in [-0.2, 0) is 0 Å². The highest BCUT2D eigenvalue weighted by molar-refractivity contribution is 6.30. The minimum absolute atomic E-state index is 0.0661. The Balaban J connectivity index is 2.19. The number of amides is 1. The van der Waals surface area contributed by atoms with Gasteiger partial charge in [-0.2, -0.15) is 0 Å². The van der Waals surface area contributed by atoms with Crippen molar-refractivity contribution >= 4 is 29.0 Å². The van der Waals surface area contributed by atoms with Crippen LogP contribution in [0.4, 0.5) is 15.9 Å². The zero-order valence-electron chi connectivity index (χ0n) is 11.5. The number of pyridine rings is 1. The molecule has 1 aromatic heterocycles. The summed E-state index contributed by atoms with van der Waals surface area (Å²) in [7, 11) is 0. The maximum Gasteiger partial charge on any atom is 0.258 e. The smallest absolute Gasteiger partial charge is 0.258 e. The molecule has 2 aromatic rings. The summed E-state index contributed by atoms with van der Waals surface area (Å²) in [5, 5.41) is 5.94. The van der Waals surface area contributed by atoms with Gasteiger partial charge in [-0.05, 0) is 30.7 Å². The standard InChI is InChI=1S/C15H15ClFN3O/c1-2-7-18-14-13(17)12(6-8-19-14)15(21)20-11-5-3-4-10(16)9-11/h3-6,8-9H,2,7H2,1H3,(H,18,19)(H,20,21). The van der Waals surface area contributed by atoms with E-state index in [1.54, 1.807) is 24.3 Å². The first-order chi connectivity index (χ1) is 10.1. The van der Waals surface area contributed by atoms with E-state index in [4.69, 9.17) is 11.6 Å². The number of nitrogens with zero attached hydrogens (tertiary/aromatic N) is 1. The van der Waals surface area contributed by atoms with Gasteiger partial charge in [0.15, 0.2) is 11.6 Å². The van der Waals surface area contributed by atoms with Crippen molar-refractivity contribution in [3.8, 4) is 0 Å². The van der Waals surface area contributed by atoms with E-state index >= 15 is 0 Å². The van der Waals surface area contributed by atoms with E-state index in [9.17, 15) is 9.18 Å². The van der Waals surface area contributed by atoms with Crippen LogP contribution in [0.25, 0.3) is 0 Å². The van der Waals surface area contributed by atoms with E-state index in [-0.39, 0.29) is 11.4 Å². The molecule has 1 aromatic carbocycles. The molecule has 6 heteroatoms. The first-order valence-electron chi connectivity index (χ1n) is 6.57. The molecule has 0 atom stereocenters. The molecule has 0 spiro atoms. The number of halogens is 2. The molecule has 0 aliphatic heterocycles. The van der Waals surface area contributed by atoms with Gasteiger partial charge in [0, 0.05) is 23.5 Å². The monoisotopic (exact) mass is 307 g/mol. The largest absolute Gasteiger partial charge is 0.368 e. The Morgan fingerprint density at radius 1 is 1.38 bits per heavy atom. The van der Waals surface area contributed by atoms with Gasteiger partial charge in [-0.25, -0.2) is 9.37 Å². The fraction of sp³-hybridized carbons (Fsp3) is 0.200. The maximum absolute atomic E-state index is 14.2. The lowest BCUT2D eigenvalue weighted by atomic mass is 10.2. The van der Waals surface area contributed by atoms with Gasteiger partial charge in [0.25, 0.3) is 5.91 Å². The molecule has 110 valence electrons. The molecule has 0 fully saturated rings. The van der Waals surface area contributed by atoms with Crippen LogP contribution in [0.3, 0.4) is 0 Å². The molecule has 1 heterocycles. The highest BCUT2D eigenvalue weighted by Crippen LogP contribution is 2.19. The summed E-state index contributed by atoms with van der Waals surface area (Å²) in [6, 6.07) is 8.01. The van der Waals surface area contributed by atoms with Crippen LogP contribution in [0.2, 0.25) is 5.02 Å². The minimum atomic E-state index is -0.662. The Morgan fingerprint density at radius 2 is 2.19 bits per heavy atom. The SMILES string of the molecule is CCCNc1nccc(C(=O)Nc2cccc(Cl)c2)c1F. The van der Waals surface area contributed by atoms with E-state index in [1.807, 2.05) is 6.92 Å². The fourth-order valence-electron chi connectivity index (χ4n) is 1.75. The molecule has 21 heavy (non-hydrogen) atoms. The molecule has 2 rings (SSSR count). The molecule has 0 aliphatic carbocycles. The molecule has 0 aliphatic rings. The quantitative estimate of drug-likeness (QED) is 0.879. The Hall–Kier alpha value is -2.14. The van der Waals surface area contributed by atoms with E-state index in [1.165, 1.54) is 12.3 Å². The summed E-state index contributed by atoms with van der Waals surface area (Å²) < 4.78 is 14.2. The highest BCUT2D eigenvalue weighted by Gasteiger charge is 2.16. The minimum Gasteiger partial charge on any atom is -0.368 e. The molecule has 0 saturated heterocycles. The average Bonchev–Trinajstić information content (AvgIpc) is 2.46. The van der Waals surface area contributed by atoms with Gasteiger partial charge in [0.05, 0.1) is 5.56 Å². The summed E-state index contributed by atoms with van der Waals surface area (Å²) >= 11 is 5.84. The van der Waals surface area contributed by atoms with E-state index < -0.39 is 11.7 Å². The predicted molar refractivity (Wildman–Crippen MR) is 82.4 cm³/mol. The van der Waals surface area contributed by atoms with Crippen LogP contribution >= 0.6 is 11.6 Å². The lowest BCUT2D eigenvalue weighted by Gasteiger charge is -2.09. The van der Waals surface area contributed by atoms with Crippen LogP contribution < -0.4 is 10.6 Å². The van der Waals surface area contributed by atoms with Crippen molar-refractivity contribution in [3.63, 3.8) is 0 Å². The van der Waals surface area contributed by atoms with Crippen molar-refractivity contribution in [1.82, 2.24) is 4.98 Å². The normalized spacial score (nSPS) is 10.2. The van der Waals surface area contributed by atoms with Crippen molar-refractivity contribution in [2.24, 2.45) is 0 Å². The zero-order valence-corrected chi connectivity index (χ0v) is 12.2. The van der Waals surface area contributed by atoms with Gasteiger partial charge in [0.2, 0.25) is 0 Å². The third-order valence-corrected chi connectivity index (χ3v) is 2.99. The summed E-state index contributed by atoms with van der Waals surface area (Å²) in [5.74, 6) is -1.13. The highest BCUT2D eigenvalue weighted by atomic mass is 35.5. The Kier molecular flexibility index (Phi) is 5.11. The van der Waals surface area contributed by atoms with Gasteiger partial charge in [0.1, 0.15) is 0 Å². The van der Waals surface area contributed by atoms with Crippen LogP contribution in [-0.4, -0.2) is 17.4 Å². The first kappa shape index (κ1) is 15.3. The predicted octanol–water partition coefficient (Wildman–Crippen LogP) is 3.95.